The van der Waals surface area contributed by atoms with Crippen molar-refractivity contribution in [3.8, 4) is 11.3 Å². The molecule has 1 fully saturated rings. The molecule has 1 N–H and O–H groups in total. The Labute approximate surface area is 154 Å². The van der Waals surface area contributed by atoms with E-state index in [1.54, 1.807) is 6.20 Å². The summed E-state index contributed by atoms with van der Waals surface area (Å²) in [6.07, 6.45) is 5.35. The molecule has 0 amide bonds. The van der Waals surface area contributed by atoms with Crippen molar-refractivity contribution < 1.29 is 17.9 Å². The summed E-state index contributed by atoms with van der Waals surface area (Å²) in [6, 6.07) is 9.64. The molecule has 0 saturated heterocycles. The van der Waals surface area contributed by atoms with Crippen LogP contribution in [0.25, 0.3) is 11.3 Å². The van der Waals surface area contributed by atoms with Gasteiger partial charge in [0, 0.05) is 26.0 Å². The topological polar surface area (TPSA) is 82.5 Å². The predicted octanol–water partition coefficient (Wildman–Crippen LogP) is 2.56. The highest BCUT2D eigenvalue weighted by Gasteiger charge is 2.27. The van der Waals surface area contributed by atoms with Gasteiger partial charge in [-0.3, -0.25) is 4.68 Å². The summed E-state index contributed by atoms with van der Waals surface area (Å²) in [4.78, 5) is 0.182. The molecule has 0 radical (unpaired) electrons. The van der Waals surface area contributed by atoms with Crippen LogP contribution in [-0.4, -0.2) is 45.3 Å². The van der Waals surface area contributed by atoms with Crippen molar-refractivity contribution in [2.45, 2.75) is 42.9 Å². The molecule has 1 aromatic heterocycles. The zero-order chi connectivity index (χ0) is 18.6. The van der Waals surface area contributed by atoms with Crippen LogP contribution in [0, 0.1) is 0 Å². The van der Waals surface area contributed by atoms with Crippen molar-refractivity contribution >= 4 is 10.0 Å². The number of nitrogens with zero attached hydrogens (tertiary/aromatic N) is 2. The Bertz CT molecular complexity index is 810. The number of rotatable bonds is 8. The Morgan fingerprint density at radius 3 is 2.46 bits per heavy atom. The molecule has 2 aromatic rings. The minimum absolute atomic E-state index is 0.0260. The van der Waals surface area contributed by atoms with Crippen LogP contribution in [0.4, 0.5) is 0 Å². The van der Waals surface area contributed by atoms with E-state index in [4.69, 9.17) is 9.47 Å². The third kappa shape index (κ3) is 4.15. The molecule has 0 unspecified atom stereocenters. The first-order chi connectivity index (χ1) is 12.5. The monoisotopic (exact) mass is 379 g/mol. The smallest absolute Gasteiger partial charge is 0.244 e. The Kier molecular flexibility index (Phi) is 6.08. The van der Waals surface area contributed by atoms with E-state index in [0.29, 0.717) is 5.69 Å². The molecule has 26 heavy (non-hydrogen) atoms. The van der Waals surface area contributed by atoms with Crippen LogP contribution in [0.3, 0.4) is 0 Å². The summed E-state index contributed by atoms with van der Waals surface area (Å²) >= 11 is 0. The van der Waals surface area contributed by atoms with E-state index in [1.165, 1.54) is 14.2 Å². The van der Waals surface area contributed by atoms with E-state index in [2.05, 4.69) is 9.82 Å². The zero-order valence-electron chi connectivity index (χ0n) is 15.1. The van der Waals surface area contributed by atoms with E-state index in [-0.39, 0.29) is 17.5 Å². The molecule has 1 heterocycles. The lowest BCUT2D eigenvalue weighted by Crippen LogP contribution is -2.34. The third-order valence-corrected chi connectivity index (χ3v) is 6.12. The first-order valence-electron chi connectivity index (χ1n) is 8.75. The largest absolute Gasteiger partial charge is 0.355 e. The standard InChI is InChI=1S/C18H25N3O4S/c1-24-17(25-2)12-19-26(22,23)16-13-21(15-10-6-7-11-15)20-18(16)14-8-4-3-5-9-14/h3-5,8-9,13,15,17,19H,6-7,10-12H2,1-2H3. The van der Waals surface area contributed by atoms with Crippen LogP contribution in [0.2, 0.25) is 0 Å². The predicted molar refractivity (Wildman–Crippen MR) is 98.2 cm³/mol. The van der Waals surface area contributed by atoms with Gasteiger partial charge < -0.3 is 9.47 Å². The van der Waals surface area contributed by atoms with Crippen molar-refractivity contribution in [3.05, 3.63) is 36.5 Å². The van der Waals surface area contributed by atoms with Crippen LogP contribution in [-0.2, 0) is 19.5 Å². The number of sulfonamides is 1. The molecule has 7 nitrogen and oxygen atoms in total. The Morgan fingerprint density at radius 1 is 1.19 bits per heavy atom. The Morgan fingerprint density at radius 2 is 1.85 bits per heavy atom. The van der Waals surface area contributed by atoms with Crippen molar-refractivity contribution in [2.75, 3.05) is 20.8 Å². The van der Waals surface area contributed by atoms with Gasteiger partial charge in [0.05, 0.1) is 12.6 Å². The van der Waals surface area contributed by atoms with Gasteiger partial charge in [0.15, 0.2) is 6.29 Å². The van der Waals surface area contributed by atoms with Gasteiger partial charge in [-0.1, -0.05) is 43.2 Å². The molecule has 1 saturated carbocycles. The fraction of sp³-hybridized carbons (Fsp3) is 0.500. The second-order valence-electron chi connectivity index (χ2n) is 6.38. The van der Waals surface area contributed by atoms with E-state index in [0.717, 1.165) is 31.2 Å². The molecule has 1 aromatic carbocycles. The number of ether oxygens (including phenoxy) is 2. The molecule has 1 aliphatic carbocycles. The number of hydrogen-bond acceptors (Lipinski definition) is 5. The van der Waals surface area contributed by atoms with Gasteiger partial charge in [-0.2, -0.15) is 5.10 Å². The van der Waals surface area contributed by atoms with Crippen LogP contribution in [0.1, 0.15) is 31.7 Å². The Balaban J connectivity index is 1.95. The molecule has 0 aliphatic heterocycles. The summed E-state index contributed by atoms with van der Waals surface area (Å²) < 4.78 is 40.3. The van der Waals surface area contributed by atoms with Crippen molar-refractivity contribution in [1.29, 1.82) is 0 Å². The van der Waals surface area contributed by atoms with Gasteiger partial charge in [0.2, 0.25) is 10.0 Å². The second-order valence-corrected chi connectivity index (χ2v) is 8.11. The number of methoxy groups -OCH3 is 2. The van der Waals surface area contributed by atoms with E-state index in [9.17, 15) is 8.42 Å². The average Bonchev–Trinajstić information content (AvgIpc) is 3.33. The normalized spacial score (nSPS) is 15.8. The molecule has 1 aliphatic rings. The third-order valence-electron chi connectivity index (χ3n) is 4.70. The molecule has 8 heteroatoms. The fourth-order valence-corrected chi connectivity index (χ4v) is 4.41. The van der Waals surface area contributed by atoms with Gasteiger partial charge >= 0.3 is 0 Å². The second kappa shape index (κ2) is 8.30. The first-order valence-corrected chi connectivity index (χ1v) is 10.2. The van der Waals surface area contributed by atoms with E-state index in [1.807, 2.05) is 35.0 Å². The number of nitrogens with one attached hydrogen (secondary N) is 1. The lowest BCUT2D eigenvalue weighted by atomic mass is 10.2. The summed E-state index contributed by atoms with van der Waals surface area (Å²) in [7, 11) is -0.820. The van der Waals surface area contributed by atoms with E-state index >= 15 is 0 Å². The SMILES string of the molecule is COC(CNS(=O)(=O)c1cn(C2CCCC2)nc1-c1ccccc1)OC. The van der Waals surface area contributed by atoms with Crippen LogP contribution < -0.4 is 4.72 Å². The van der Waals surface area contributed by atoms with Gasteiger partial charge in [-0.05, 0) is 12.8 Å². The maximum atomic E-state index is 12.9. The maximum Gasteiger partial charge on any atom is 0.244 e. The van der Waals surface area contributed by atoms with E-state index < -0.39 is 16.3 Å². The summed E-state index contributed by atoms with van der Waals surface area (Å²) in [5.74, 6) is 0. The minimum Gasteiger partial charge on any atom is -0.355 e. The molecule has 0 spiro atoms. The van der Waals surface area contributed by atoms with Crippen molar-refractivity contribution in [3.63, 3.8) is 0 Å². The van der Waals surface area contributed by atoms with Gasteiger partial charge in [-0.25, -0.2) is 13.1 Å². The lowest BCUT2D eigenvalue weighted by Gasteiger charge is -2.14. The highest BCUT2D eigenvalue weighted by atomic mass is 32.2. The van der Waals surface area contributed by atoms with Crippen LogP contribution in [0.15, 0.2) is 41.4 Å². The number of aromatic nitrogens is 2. The molecule has 0 bridgehead atoms. The Hall–Kier alpha value is -1.74. The fourth-order valence-electron chi connectivity index (χ4n) is 3.24. The summed E-state index contributed by atoms with van der Waals surface area (Å²) in [6.45, 7) is 0.0260. The van der Waals surface area contributed by atoms with Crippen LogP contribution in [0.5, 0.6) is 0 Å². The zero-order valence-corrected chi connectivity index (χ0v) is 15.9. The van der Waals surface area contributed by atoms with Gasteiger partial charge in [0.1, 0.15) is 10.6 Å². The number of hydrogen-bond donors (Lipinski definition) is 1. The minimum atomic E-state index is -3.76. The quantitative estimate of drug-likeness (QED) is 0.713. The summed E-state index contributed by atoms with van der Waals surface area (Å²) in [5, 5.41) is 4.63. The molecular formula is C18H25N3O4S. The molecule has 3 rings (SSSR count). The summed E-state index contributed by atoms with van der Waals surface area (Å²) in [5.41, 5.74) is 1.25. The van der Waals surface area contributed by atoms with Gasteiger partial charge in [-0.15, -0.1) is 0 Å². The van der Waals surface area contributed by atoms with Crippen molar-refractivity contribution in [2.24, 2.45) is 0 Å². The molecule has 142 valence electrons. The maximum absolute atomic E-state index is 12.9. The van der Waals surface area contributed by atoms with Crippen LogP contribution >= 0.6 is 0 Å². The highest BCUT2D eigenvalue weighted by molar-refractivity contribution is 7.89. The first kappa shape index (κ1) is 19.0. The lowest BCUT2D eigenvalue weighted by molar-refractivity contribution is -0.0960. The molecular weight excluding hydrogens is 354 g/mol. The number of benzene rings is 1. The van der Waals surface area contributed by atoms with Gasteiger partial charge in [0.25, 0.3) is 0 Å². The van der Waals surface area contributed by atoms with Crippen molar-refractivity contribution in [1.82, 2.24) is 14.5 Å². The average molecular weight is 379 g/mol. The molecule has 0 atom stereocenters. The highest BCUT2D eigenvalue weighted by Crippen LogP contribution is 2.33.